The molecule has 1 N–H and O–H groups in total. The van der Waals surface area contributed by atoms with E-state index in [1.165, 1.54) is 12.0 Å². The smallest absolute Gasteiger partial charge is 0.131 e. The van der Waals surface area contributed by atoms with E-state index < -0.39 is 0 Å². The van der Waals surface area contributed by atoms with Gasteiger partial charge in [-0.3, -0.25) is 0 Å². The van der Waals surface area contributed by atoms with Crippen LogP contribution in [0, 0.1) is 10.8 Å². The second kappa shape index (κ2) is 5.04. The molecule has 0 aromatic rings. The van der Waals surface area contributed by atoms with Gasteiger partial charge in [-0.1, -0.05) is 26.8 Å². The molecule has 0 saturated carbocycles. The molecule has 1 atom stereocenters. The first-order chi connectivity index (χ1) is 8.53. The topological polar surface area (TPSA) is 32.3 Å². The standard InChI is InChI=1S/C15H26N2O/c1-4-15(12-18)6-5-14(2,3)11-13(15)17-9-7-16-8-10-17/h11-12,16H,4-10H2,1-3H3. The maximum Gasteiger partial charge on any atom is 0.131 e. The van der Waals surface area contributed by atoms with Crippen molar-refractivity contribution in [3.63, 3.8) is 0 Å². The Kier molecular flexibility index (Phi) is 3.81. The summed E-state index contributed by atoms with van der Waals surface area (Å²) in [5.41, 5.74) is 1.28. The zero-order chi connectivity index (χ0) is 13.2. The lowest BCUT2D eigenvalue weighted by Gasteiger charge is -2.46. The Balaban J connectivity index is 2.34. The summed E-state index contributed by atoms with van der Waals surface area (Å²) in [5.74, 6) is 0. The van der Waals surface area contributed by atoms with E-state index in [4.69, 9.17) is 0 Å². The first-order valence-electron chi connectivity index (χ1n) is 7.18. The molecule has 102 valence electrons. The zero-order valence-electron chi connectivity index (χ0n) is 12.0. The van der Waals surface area contributed by atoms with Crippen molar-refractivity contribution >= 4 is 6.29 Å². The van der Waals surface area contributed by atoms with Gasteiger partial charge in [-0.25, -0.2) is 0 Å². The Bertz CT molecular complexity index is 342. The van der Waals surface area contributed by atoms with E-state index in [1.54, 1.807) is 0 Å². The molecular weight excluding hydrogens is 224 g/mol. The molecule has 0 radical (unpaired) electrons. The van der Waals surface area contributed by atoms with Crippen molar-refractivity contribution in [3.8, 4) is 0 Å². The summed E-state index contributed by atoms with van der Waals surface area (Å²) >= 11 is 0. The van der Waals surface area contributed by atoms with Crippen LogP contribution in [0.2, 0.25) is 0 Å². The SMILES string of the molecule is CCC1(C=O)CCC(C)(C)C=C1N1CCNCC1. The predicted molar refractivity (Wildman–Crippen MR) is 74.3 cm³/mol. The minimum atomic E-state index is -0.229. The van der Waals surface area contributed by atoms with Gasteiger partial charge in [0, 0.05) is 31.9 Å². The number of piperazine rings is 1. The normalized spacial score (nSPS) is 31.9. The lowest BCUT2D eigenvalue weighted by molar-refractivity contribution is -0.116. The molecule has 0 aromatic carbocycles. The molecule has 0 amide bonds. The van der Waals surface area contributed by atoms with E-state index in [1.807, 2.05) is 0 Å². The Hall–Kier alpha value is -0.830. The molecule has 1 heterocycles. The fourth-order valence-electron chi connectivity index (χ4n) is 3.13. The molecule has 0 bridgehead atoms. The van der Waals surface area contributed by atoms with Crippen molar-refractivity contribution in [2.45, 2.75) is 40.0 Å². The van der Waals surface area contributed by atoms with Gasteiger partial charge in [0.15, 0.2) is 0 Å². The first-order valence-corrected chi connectivity index (χ1v) is 7.18. The number of aldehydes is 1. The van der Waals surface area contributed by atoms with Gasteiger partial charge in [-0.05, 0) is 24.7 Å². The van der Waals surface area contributed by atoms with Crippen LogP contribution in [0.25, 0.3) is 0 Å². The molecule has 18 heavy (non-hydrogen) atoms. The average Bonchev–Trinajstić information content (AvgIpc) is 2.40. The van der Waals surface area contributed by atoms with Crippen LogP contribution in [0.15, 0.2) is 11.8 Å². The number of nitrogens with zero attached hydrogens (tertiary/aromatic N) is 1. The summed E-state index contributed by atoms with van der Waals surface area (Å²) < 4.78 is 0. The third-order valence-electron chi connectivity index (χ3n) is 4.57. The maximum absolute atomic E-state index is 11.7. The molecule has 3 heteroatoms. The molecule has 1 saturated heterocycles. The van der Waals surface area contributed by atoms with Crippen LogP contribution >= 0.6 is 0 Å². The highest BCUT2D eigenvalue weighted by molar-refractivity contribution is 5.65. The van der Waals surface area contributed by atoms with E-state index >= 15 is 0 Å². The van der Waals surface area contributed by atoms with Crippen LogP contribution in [0.1, 0.15) is 40.0 Å². The molecule has 0 aromatic heterocycles. The molecule has 0 spiro atoms. The molecule has 1 fully saturated rings. The molecule has 2 aliphatic rings. The summed E-state index contributed by atoms with van der Waals surface area (Å²) in [6.45, 7) is 10.8. The van der Waals surface area contributed by atoms with Crippen LogP contribution in [0.4, 0.5) is 0 Å². The molecular formula is C15H26N2O. The molecule has 1 aliphatic carbocycles. The fourth-order valence-corrected chi connectivity index (χ4v) is 3.13. The largest absolute Gasteiger partial charge is 0.372 e. The number of hydrogen-bond donors (Lipinski definition) is 1. The summed E-state index contributed by atoms with van der Waals surface area (Å²) in [6, 6.07) is 0. The summed E-state index contributed by atoms with van der Waals surface area (Å²) in [7, 11) is 0. The van der Waals surface area contributed by atoms with Crippen LogP contribution < -0.4 is 5.32 Å². The predicted octanol–water partition coefficient (Wildman–Crippen LogP) is 2.19. The molecule has 3 nitrogen and oxygen atoms in total. The molecule has 2 rings (SSSR count). The van der Waals surface area contributed by atoms with Crippen molar-refractivity contribution in [1.82, 2.24) is 10.2 Å². The minimum absolute atomic E-state index is 0.224. The lowest BCUT2D eigenvalue weighted by atomic mass is 9.67. The van der Waals surface area contributed by atoms with Crippen molar-refractivity contribution in [1.29, 1.82) is 0 Å². The molecule has 1 aliphatic heterocycles. The Morgan fingerprint density at radius 1 is 1.33 bits per heavy atom. The number of carbonyl (C=O) groups is 1. The number of hydrogen-bond acceptors (Lipinski definition) is 3. The lowest BCUT2D eigenvalue weighted by Crippen LogP contribution is -2.48. The Morgan fingerprint density at radius 3 is 2.56 bits per heavy atom. The van der Waals surface area contributed by atoms with Gasteiger partial charge in [0.05, 0.1) is 5.41 Å². The van der Waals surface area contributed by atoms with E-state index in [0.717, 1.165) is 45.4 Å². The fraction of sp³-hybridized carbons (Fsp3) is 0.800. The second-order valence-corrected chi connectivity index (χ2v) is 6.38. The first kappa shape index (κ1) is 13.6. The van der Waals surface area contributed by atoms with E-state index in [-0.39, 0.29) is 10.8 Å². The number of carbonyl (C=O) groups excluding carboxylic acids is 1. The maximum atomic E-state index is 11.7. The highest BCUT2D eigenvalue weighted by atomic mass is 16.1. The monoisotopic (exact) mass is 250 g/mol. The van der Waals surface area contributed by atoms with E-state index in [9.17, 15) is 4.79 Å². The van der Waals surface area contributed by atoms with E-state index in [2.05, 4.69) is 37.1 Å². The molecule has 1 unspecified atom stereocenters. The van der Waals surface area contributed by atoms with Crippen LogP contribution in [0.5, 0.6) is 0 Å². The third kappa shape index (κ3) is 2.46. The van der Waals surface area contributed by atoms with Gasteiger partial charge in [0.1, 0.15) is 6.29 Å². The van der Waals surface area contributed by atoms with Gasteiger partial charge in [-0.15, -0.1) is 0 Å². The summed E-state index contributed by atoms with van der Waals surface area (Å²) in [6.07, 6.45) is 6.59. The second-order valence-electron chi connectivity index (χ2n) is 6.38. The van der Waals surface area contributed by atoms with Crippen molar-refractivity contribution in [2.75, 3.05) is 26.2 Å². The minimum Gasteiger partial charge on any atom is -0.372 e. The zero-order valence-corrected chi connectivity index (χ0v) is 12.0. The van der Waals surface area contributed by atoms with Gasteiger partial charge in [0.25, 0.3) is 0 Å². The third-order valence-corrected chi connectivity index (χ3v) is 4.57. The van der Waals surface area contributed by atoms with Gasteiger partial charge in [-0.2, -0.15) is 0 Å². The van der Waals surface area contributed by atoms with Crippen molar-refractivity contribution in [2.24, 2.45) is 10.8 Å². The van der Waals surface area contributed by atoms with Crippen molar-refractivity contribution in [3.05, 3.63) is 11.8 Å². The average molecular weight is 250 g/mol. The van der Waals surface area contributed by atoms with E-state index in [0.29, 0.717) is 0 Å². The van der Waals surface area contributed by atoms with Crippen LogP contribution in [0.3, 0.4) is 0 Å². The number of rotatable bonds is 3. The quantitative estimate of drug-likeness (QED) is 0.779. The van der Waals surface area contributed by atoms with Crippen LogP contribution in [-0.4, -0.2) is 37.4 Å². The summed E-state index contributed by atoms with van der Waals surface area (Å²) in [4.78, 5) is 14.1. The number of nitrogens with one attached hydrogen (secondary N) is 1. The van der Waals surface area contributed by atoms with Gasteiger partial charge < -0.3 is 15.0 Å². The van der Waals surface area contributed by atoms with Gasteiger partial charge in [0.2, 0.25) is 0 Å². The Labute approximate surface area is 111 Å². The Morgan fingerprint density at radius 2 is 2.00 bits per heavy atom. The highest BCUT2D eigenvalue weighted by Gasteiger charge is 2.41. The van der Waals surface area contributed by atoms with Crippen molar-refractivity contribution < 1.29 is 4.79 Å². The highest BCUT2D eigenvalue weighted by Crippen LogP contribution is 2.46. The van der Waals surface area contributed by atoms with Gasteiger partial charge >= 0.3 is 0 Å². The van der Waals surface area contributed by atoms with Crippen LogP contribution in [-0.2, 0) is 4.79 Å². The summed E-state index contributed by atoms with van der Waals surface area (Å²) in [5, 5.41) is 3.38. The number of allylic oxidation sites excluding steroid dienone is 2.